The molecule has 0 bridgehead atoms. The number of para-hydroxylation sites is 2. The lowest BCUT2D eigenvalue weighted by Crippen LogP contribution is -2.58. The zero-order valence-corrected chi connectivity index (χ0v) is 15.4. The minimum atomic E-state index is -0.00392. The number of hydrogen-bond acceptors (Lipinski definition) is 1. The highest BCUT2D eigenvalue weighted by Crippen LogP contribution is 2.37. The van der Waals surface area contributed by atoms with Crippen LogP contribution in [-0.4, -0.2) is 11.3 Å². The molecule has 0 radical (unpaired) electrons. The maximum absolute atomic E-state index is 7.75. The molecule has 0 saturated carbocycles. The molecule has 2 aliphatic rings. The maximum atomic E-state index is 7.75. The fourth-order valence-electron chi connectivity index (χ4n) is 5.22. The first-order valence-corrected chi connectivity index (χ1v) is 9.70. The molecular formula is C25H13BN2O. The summed E-state index contributed by atoms with van der Waals surface area (Å²) in [5, 5.41) is 2.50. The molecule has 4 aromatic carbocycles. The van der Waals surface area contributed by atoms with Crippen LogP contribution < -0.4 is 21.1 Å². The summed E-state index contributed by atoms with van der Waals surface area (Å²) in [7, 11) is 0. The molecule has 0 atom stereocenters. The summed E-state index contributed by atoms with van der Waals surface area (Å²) in [6.45, 7) is 7.74. The molecule has 7 rings (SSSR count). The highest BCUT2D eigenvalue weighted by molar-refractivity contribution is 7.00. The van der Waals surface area contributed by atoms with Gasteiger partial charge in [-0.3, -0.25) is 0 Å². The molecule has 2 aliphatic heterocycles. The summed E-state index contributed by atoms with van der Waals surface area (Å²) in [6, 6.07) is 27.1. The van der Waals surface area contributed by atoms with Crippen molar-refractivity contribution in [2.75, 3.05) is 0 Å². The second-order valence-corrected chi connectivity index (χ2v) is 7.62. The number of aromatic nitrogens is 1. The van der Waals surface area contributed by atoms with E-state index in [0.29, 0.717) is 5.69 Å². The molecule has 0 spiro atoms. The fraction of sp³-hybridized carbons (Fsp3) is 0. The molecule has 5 aromatic rings. The largest absolute Gasteiger partial charge is 0.460 e. The summed E-state index contributed by atoms with van der Waals surface area (Å²) in [5.74, 6) is 1.66. The van der Waals surface area contributed by atoms with Gasteiger partial charge in [0.15, 0.2) is 5.69 Å². The van der Waals surface area contributed by atoms with E-state index in [0.717, 1.165) is 28.1 Å². The molecule has 3 heterocycles. The lowest BCUT2D eigenvalue weighted by molar-refractivity contribution is 0.487. The van der Waals surface area contributed by atoms with Crippen molar-refractivity contribution >= 4 is 50.6 Å². The zero-order valence-electron chi connectivity index (χ0n) is 15.4. The van der Waals surface area contributed by atoms with Gasteiger partial charge in [0.25, 0.3) is 0 Å². The van der Waals surface area contributed by atoms with Crippen LogP contribution in [0.25, 0.3) is 32.3 Å². The Balaban J connectivity index is 1.75. The Morgan fingerprint density at radius 1 is 0.759 bits per heavy atom. The standard InChI is InChI=1S/C25H13BN2O/c1-27-18-10-5-13-21-23(18)26-17-9-4-8-16-15-7-2-3-11-19(15)28(25(16)17)20-12-6-14-22(29-21)24(20)26/h2-14H. The Morgan fingerprint density at radius 2 is 1.52 bits per heavy atom. The third kappa shape index (κ3) is 1.69. The molecule has 0 amide bonds. The van der Waals surface area contributed by atoms with Gasteiger partial charge >= 0.3 is 0 Å². The van der Waals surface area contributed by atoms with Crippen LogP contribution in [0.2, 0.25) is 0 Å². The second kappa shape index (κ2) is 5.09. The zero-order chi connectivity index (χ0) is 19.1. The molecule has 0 saturated heterocycles. The Bertz CT molecular complexity index is 1560. The van der Waals surface area contributed by atoms with Gasteiger partial charge in [0.1, 0.15) is 11.5 Å². The normalized spacial score (nSPS) is 13.0. The Labute approximate surface area is 167 Å². The van der Waals surface area contributed by atoms with Gasteiger partial charge in [0.2, 0.25) is 6.71 Å². The lowest BCUT2D eigenvalue weighted by Gasteiger charge is -2.33. The van der Waals surface area contributed by atoms with Gasteiger partial charge in [0, 0.05) is 22.0 Å². The summed E-state index contributed by atoms with van der Waals surface area (Å²) in [4.78, 5) is 3.83. The van der Waals surface area contributed by atoms with Gasteiger partial charge in [-0.2, -0.15) is 0 Å². The van der Waals surface area contributed by atoms with E-state index in [-0.39, 0.29) is 6.71 Å². The van der Waals surface area contributed by atoms with E-state index in [9.17, 15) is 0 Å². The minimum absolute atomic E-state index is 0.00392. The SMILES string of the molecule is [C-]#[N+]c1cccc2c1B1c3c(cccc3-n3c4ccccc4c4cccc1c43)O2. The number of ether oxygens (including phenoxy) is 1. The fourth-order valence-corrected chi connectivity index (χ4v) is 5.22. The van der Waals surface area contributed by atoms with E-state index >= 15 is 0 Å². The molecule has 0 N–H and O–H groups in total. The topological polar surface area (TPSA) is 18.5 Å². The Kier molecular flexibility index (Phi) is 2.64. The molecule has 3 nitrogen and oxygen atoms in total. The Morgan fingerprint density at radius 3 is 2.41 bits per heavy atom. The number of nitrogens with zero attached hydrogens (tertiary/aromatic N) is 2. The molecule has 29 heavy (non-hydrogen) atoms. The first-order valence-electron chi connectivity index (χ1n) is 9.70. The quantitative estimate of drug-likeness (QED) is 0.289. The van der Waals surface area contributed by atoms with Crippen LogP contribution in [0.15, 0.2) is 78.9 Å². The van der Waals surface area contributed by atoms with Crippen molar-refractivity contribution in [1.29, 1.82) is 0 Å². The number of fused-ring (bicyclic) bond motifs is 7. The average molecular weight is 368 g/mol. The third-order valence-corrected chi connectivity index (χ3v) is 6.28. The highest BCUT2D eigenvalue weighted by atomic mass is 16.5. The van der Waals surface area contributed by atoms with E-state index < -0.39 is 0 Å². The van der Waals surface area contributed by atoms with Crippen LogP contribution in [0.1, 0.15) is 0 Å². The van der Waals surface area contributed by atoms with Crippen LogP contribution in [-0.2, 0) is 0 Å². The molecule has 0 fully saturated rings. The van der Waals surface area contributed by atoms with Crippen LogP contribution in [0.5, 0.6) is 11.5 Å². The number of hydrogen-bond donors (Lipinski definition) is 0. The van der Waals surface area contributed by atoms with Gasteiger partial charge < -0.3 is 9.30 Å². The van der Waals surface area contributed by atoms with Gasteiger partial charge in [0.05, 0.1) is 12.1 Å². The minimum Gasteiger partial charge on any atom is -0.460 e. The summed E-state index contributed by atoms with van der Waals surface area (Å²) in [6.07, 6.45) is 0. The van der Waals surface area contributed by atoms with Crippen LogP contribution >= 0.6 is 0 Å². The van der Waals surface area contributed by atoms with Gasteiger partial charge in [-0.1, -0.05) is 54.6 Å². The van der Waals surface area contributed by atoms with Crippen molar-refractivity contribution in [2.45, 2.75) is 0 Å². The van der Waals surface area contributed by atoms with Crippen LogP contribution in [0.4, 0.5) is 5.69 Å². The van der Waals surface area contributed by atoms with Crippen molar-refractivity contribution in [3.8, 4) is 17.2 Å². The van der Waals surface area contributed by atoms with Gasteiger partial charge in [-0.05, 0) is 40.7 Å². The number of benzene rings is 4. The monoisotopic (exact) mass is 368 g/mol. The van der Waals surface area contributed by atoms with E-state index in [1.807, 2.05) is 24.3 Å². The van der Waals surface area contributed by atoms with Crippen molar-refractivity contribution in [2.24, 2.45) is 0 Å². The summed E-state index contributed by atoms with van der Waals surface area (Å²) < 4.78 is 8.67. The van der Waals surface area contributed by atoms with Crippen molar-refractivity contribution in [1.82, 2.24) is 4.57 Å². The maximum Gasteiger partial charge on any atom is 0.245 e. The van der Waals surface area contributed by atoms with Crippen molar-refractivity contribution in [3.63, 3.8) is 0 Å². The Hall–Kier alpha value is -3.97. The predicted octanol–water partition coefficient (Wildman–Crippen LogP) is 4.27. The summed E-state index contributed by atoms with van der Waals surface area (Å²) in [5.41, 5.74) is 7.60. The van der Waals surface area contributed by atoms with E-state index in [1.165, 1.54) is 27.3 Å². The van der Waals surface area contributed by atoms with Gasteiger partial charge in [-0.25, -0.2) is 4.85 Å². The molecule has 1 aromatic heterocycles. The first kappa shape index (κ1) is 15.0. The number of rotatable bonds is 0. The first-order chi connectivity index (χ1) is 14.4. The van der Waals surface area contributed by atoms with E-state index in [2.05, 4.69) is 64.0 Å². The third-order valence-electron chi connectivity index (χ3n) is 6.28. The second-order valence-electron chi connectivity index (χ2n) is 7.62. The average Bonchev–Trinajstić information content (AvgIpc) is 3.11. The van der Waals surface area contributed by atoms with Crippen molar-refractivity contribution < 1.29 is 4.74 Å². The molecule has 132 valence electrons. The highest BCUT2D eigenvalue weighted by Gasteiger charge is 2.41. The van der Waals surface area contributed by atoms with E-state index in [4.69, 9.17) is 11.3 Å². The molecule has 0 unspecified atom stereocenters. The van der Waals surface area contributed by atoms with E-state index in [1.54, 1.807) is 0 Å². The smallest absolute Gasteiger partial charge is 0.245 e. The molecule has 4 heteroatoms. The van der Waals surface area contributed by atoms with Crippen molar-refractivity contribution in [3.05, 3.63) is 90.3 Å². The van der Waals surface area contributed by atoms with Crippen LogP contribution in [0.3, 0.4) is 0 Å². The lowest BCUT2D eigenvalue weighted by atomic mass is 9.34. The predicted molar refractivity (Wildman–Crippen MR) is 118 cm³/mol. The summed E-state index contributed by atoms with van der Waals surface area (Å²) >= 11 is 0. The van der Waals surface area contributed by atoms with Crippen LogP contribution in [0, 0.1) is 6.57 Å². The molecule has 0 aliphatic carbocycles. The van der Waals surface area contributed by atoms with Gasteiger partial charge in [-0.15, -0.1) is 0 Å². The molecular weight excluding hydrogens is 355 g/mol.